The van der Waals surface area contributed by atoms with Gasteiger partial charge in [0.25, 0.3) is 11.8 Å². The maximum atomic E-state index is 13.1. The van der Waals surface area contributed by atoms with Crippen LogP contribution in [0.1, 0.15) is 67.7 Å². The second kappa shape index (κ2) is 6.48. The minimum Gasteiger partial charge on any atom is -0.479 e. The number of carbonyl (C=O) groups excluding carboxylic acids is 2. The summed E-state index contributed by atoms with van der Waals surface area (Å²) < 4.78 is 0. The summed E-state index contributed by atoms with van der Waals surface area (Å²) in [5.74, 6) is -2.16. The van der Waals surface area contributed by atoms with Crippen LogP contribution in [-0.2, 0) is 4.79 Å². The molecule has 1 unspecified atom stereocenters. The number of aliphatic carboxylic acids is 1. The summed E-state index contributed by atoms with van der Waals surface area (Å²) in [6, 6.07) is 10.9. The van der Waals surface area contributed by atoms with E-state index >= 15 is 0 Å². The highest BCUT2D eigenvalue weighted by Gasteiger charge is 2.53. The Balaban J connectivity index is 2.10. The van der Waals surface area contributed by atoms with E-state index in [1.807, 2.05) is 45.0 Å². The second-order valence-electron chi connectivity index (χ2n) is 8.44. The molecule has 1 aliphatic rings. The molecule has 1 N–H and O–H groups in total. The summed E-state index contributed by atoms with van der Waals surface area (Å²) in [6.45, 7) is 7.77. The van der Waals surface area contributed by atoms with Crippen LogP contribution in [0.25, 0.3) is 10.8 Å². The van der Waals surface area contributed by atoms with Crippen molar-refractivity contribution < 1.29 is 19.5 Å². The lowest BCUT2D eigenvalue weighted by molar-refractivity contribution is -0.149. The minimum absolute atomic E-state index is 0.108. The minimum atomic E-state index is -1.54. The third kappa shape index (κ3) is 3.11. The number of nitrogens with zero attached hydrogens (tertiary/aromatic N) is 1. The molecule has 0 aliphatic carbocycles. The number of rotatable bonds is 5. The van der Waals surface area contributed by atoms with Gasteiger partial charge >= 0.3 is 5.97 Å². The standard InChI is InChI=1S/C22H25NO4/c1-5-22(20(26)27,11-10-21(2,3)4)23-18(24)16-12-14-8-6-7-9-15(14)13-17(16)19(23)25/h6-9,12-13H,5,10-11H2,1-4H3,(H,26,27). The molecule has 1 atom stereocenters. The van der Waals surface area contributed by atoms with Crippen LogP contribution >= 0.6 is 0 Å². The Morgan fingerprint density at radius 3 is 1.81 bits per heavy atom. The van der Waals surface area contributed by atoms with E-state index in [1.165, 1.54) is 0 Å². The number of carboxylic acid groups (broad SMARTS) is 1. The van der Waals surface area contributed by atoms with Gasteiger partial charge in [0.05, 0.1) is 11.1 Å². The Bertz CT molecular complexity index is 886. The molecule has 2 aromatic rings. The highest BCUT2D eigenvalue weighted by Crippen LogP contribution is 2.38. The lowest BCUT2D eigenvalue weighted by Gasteiger charge is -2.37. The lowest BCUT2D eigenvalue weighted by Crippen LogP contribution is -2.57. The molecule has 3 rings (SSSR count). The fourth-order valence-electron chi connectivity index (χ4n) is 3.70. The number of carboxylic acids is 1. The molecular weight excluding hydrogens is 342 g/mol. The quantitative estimate of drug-likeness (QED) is 0.790. The van der Waals surface area contributed by atoms with Crippen LogP contribution in [0.4, 0.5) is 0 Å². The van der Waals surface area contributed by atoms with Gasteiger partial charge in [0.15, 0.2) is 0 Å². The van der Waals surface area contributed by atoms with Crippen molar-refractivity contribution in [1.82, 2.24) is 4.90 Å². The summed E-state index contributed by atoms with van der Waals surface area (Å²) >= 11 is 0. The highest BCUT2D eigenvalue weighted by molar-refractivity contribution is 6.24. The number of hydrogen-bond acceptors (Lipinski definition) is 3. The van der Waals surface area contributed by atoms with Crippen molar-refractivity contribution in [3.8, 4) is 0 Å². The van der Waals surface area contributed by atoms with Crippen LogP contribution in [0.15, 0.2) is 36.4 Å². The predicted molar refractivity (Wildman–Crippen MR) is 104 cm³/mol. The summed E-state index contributed by atoms with van der Waals surface area (Å²) in [6.07, 6.45) is 0.985. The molecule has 0 bridgehead atoms. The zero-order valence-corrected chi connectivity index (χ0v) is 16.2. The van der Waals surface area contributed by atoms with Gasteiger partial charge in [-0.05, 0) is 47.6 Å². The average Bonchev–Trinajstić information content (AvgIpc) is 2.85. The Labute approximate surface area is 159 Å². The lowest BCUT2D eigenvalue weighted by atomic mass is 9.80. The molecule has 0 radical (unpaired) electrons. The molecule has 0 aromatic heterocycles. The zero-order chi connectivity index (χ0) is 20.0. The first kappa shape index (κ1) is 19.1. The highest BCUT2D eigenvalue weighted by atomic mass is 16.4. The molecule has 5 heteroatoms. The maximum absolute atomic E-state index is 13.1. The van der Waals surface area contributed by atoms with E-state index in [0.717, 1.165) is 15.7 Å². The van der Waals surface area contributed by atoms with Crippen LogP contribution in [0.5, 0.6) is 0 Å². The largest absolute Gasteiger partial charge is 0.479 e. The Morgan fingerprint density at radius 2 is 1.44 bits per heavy atom. The summed E-state index contributed by atoms with van der Waals surface area (Å²) in [5.41, 5.74) is -1.07. The van der Waals surface area contributed by atoms with Crippen molar-refractivity contribution in [1.29, 1.82) is 0 Å². The first-order chi connectivity index (χ1) is 12.6. The smallest absolute Gasteiger partial charge is 0.330 e. The number of hydrogen-bond donors (Lipinski definition) is 1. The molecule has 0 fully saturated rings. The number of carbonyl (C=O) groups is 3. The van der Waals surface area contributed by atoms with E-state index in [9.17, 15) is 19.5 Å². The normalized spacial score (nSPS) is 16.5. The van der Waals surface area contributed by atoms with Gasteiger partial charge in [-0.3, -0.25) is 14.5 Å². The van der Waals surface area contributed by atoms with Gasteiger partial charge in [-0.15, -0.1) is 0 Å². The molecule has 5 nitrogen and oxygen atoms in total. The molecule has 2 amide bonds. The number of imide groups is 1. The van der Waals surface area contributed by atoms with Crippen molar-refractivity contribution >= 4 is 28.6 Å². The van der Waals surface area contributed by atoms with Gasteiger partial charge < -0.3 is 5.11 Å². The zero-order valence-electron chi connectivity index (χ0n) is 16.2. The van der Waals surface area contributed by atoms with Gasteiger partial charge in [0.1, 0.15) is 5.54 Å². The van der Waals surface area contributed by atoms with Gasteiger partial charge in [0, 0.05) is 0 Å². The van der Waals surface area contributed by atoms with Crippen molar-refractivity contribution in [2.24, 2.45) is 5.41 Å². The third-order valence-corrected chi connectivity index (χ3v) is 5.45. The van der Waals surface area contributed by atoms with Gasteiger partial charge in [-0.1, -0.05) is 52.0 Å². The molecular formula is C22H25NO4. The van der Waals surface area contributed by atoms with E-state index < -0.39 is 23.3 Å². The van der Waals surface area contributed by atoms with E-state index in [2.05, 4.69) is 0 Å². The third-order valence-electron chi connectivity index (χ3n) is 5.45. The Morgan fingerprint density at radius 1 is 0.963 bits per heavy atom. The van der Waals surface area contributed by atoms with Crippen molar-refractivity contribution in [2.45, 2.75) is 52.5 Å². The first-order valence-electron chi connectivity index (χ1n) is 9.26. The predicted octanol–water partition coefficient (Wildman–Crippen LogP) is 4.50. The van der Waals surface area contributed by atoms with Crippen LogP contribution in [0, 0.1) is 5.41 Å². The second-order valence-corrected chi connectivity index (χ2v) is 8.44. The molecule has 142 valence electrons. The summed E-state index contributed by atoms with van der Waals surface area (Å²) in [7, 11) is 0. The molecule has 2 aromatic carbocycles. The molecule has 0 saturated carbocycles. The van der Waals surface area contributed by atoms with Crippen molar-refractivity contribution in [3.05, 3.63) is 47.5 Å². The van der Waals surface area contributed by atoms with Crippen molar-refractivity contribution in [2.75, 3.05) is 0 Å². The number of benzene rings is 2. The van der Waals surface area contributed by atoms with Gasteiger partial charge in [0.2, 0.25) is 0 Å². The average molecular weight is 367 g/mol. The molecule has 0 spiro atoms. The van der Waals surface area contributed by atoms with Gasteiger partial charge in [-0.25, -0.2) is 4.79 Å². The summed E-state index contributed by atoms with van der Waals surface area (Å²) in [4.78, 5) is 39.5. The van der Waals surface area contributed by atoms with Crippen LogP contribution in [0.3, 0.4) is 0 Å². The monoisotopic (exact) mass is 367 g/mol. The number of amides is 2. The fraction of sp³-hybridized carbons (Fsp3) is 0.409. The van der Waals surface area contributed by atoms with Gasteiger partial charge in [-0.2, -0.15) is 0 Å². The fourth-order valence-corrected chi connectivity index (χ4v) is 3.70. The van der Waals surface area contributed by atoms with Crippen LogP contribution in [0.2, 0.25) is 0 Å². The van der Waals surface area contributed by atoms with Crippen LogP contribution < -0.4 is 0 Å². The first-order valence-corrected chi connectivity index (χ1v) is 9.26. The Hall–Kier alpha value is -2.69. The molecule has 0 saturated heterocycles. The van der Waals surface area contributed by atoms with E-state index in [4.69, 9.17) is 0 Å². The topological polar surface area (TPSA) is 74.7 Å². The Kier molecular flexibility index (Phi) is 4.58. The van der Waals surface area contributed by atoms with E-state index in [1.54, 1.807) is 19.1 Å². The van der Waals surface area contributed by atoms with E-state index in [-0.39, 0.29) is 29.4 Å². The molecule has 1 aliphatic heterocycles. The molecule has 1 heterocycles. The summed E-state index contributed by atoms with van der Waals surface area (Å²) in [5, 5.41) is 11.7. The maximum Gasteiger partial charge on any atom is 0.330 e. The SMILES string of the molecule is CCC(CCC(C)(C)C)(C(=O)O)N1C(=O)c2cc3ccccc3cc2C1=O. The molecule has 27 heavy (non-hydrogen) atoms. The van der Waals surface area contributed by atoms with E-state index in [0.29, 0.717) is 6.42 Å². The van der Waals surface area contributed by atoms with Crippen molar-refractivity contribution in [3.63, 3.8) is 0 Å². The van der Waals surface area contributed by atoms with Crippen LogP contribution in [-0.4, -0.2) is 33.3 Å². The number of fused-ring (bicyclic) bond motifs is 2.